The van der Waals surface area contributed by atoms with Crippen LogP contribution in [0.4, 0.5) is 0 Å². The Kier molecular flexibility index (Phi) is 4.67. The summed E-state index contributed by atoms with van der Waals surface area (Å²) in [6.45, 7) is 8.28. The molecule has 1 atom stereocenters. The van der Waals surface area contributed by atoms with Crippen molar-refractivity contribution in [1.29, 1.82) is 0 Å². The summed E-state index contributed by atoms with van der Waals surface area (Å²) < 4.78 is 0. The van der Waals surface area contributed by atoms with E-state index in [-0.39, 0.29) is 5.56 Å². The van der Waals surface area contributed by atoms with Gasteiger partial charge in [0, 0.05) is 17.0 Å². The fraction of sp³-hybridized carbons (Fsp3) is 0.429. The van der Waals surface area contributed by atoms with Gasteiger partial charge in [-0.3, -0.25) is 9.69 Å². The van der Waals surface area contributed by atoms with Gasteiger partial charge in [-0.25, -0.2) is 4.98 Å². The molecule has 0 unspecified atom stereocenters. The molecule has 26 heavy (non-hydrogen) atoms. The molecule has 0 spiro atoms. The van der Waals surface area contributed by atoms with Crippen molar-refractivity contribution < 1.29 is 0 Å². The molecular weight excluding hydrogens is 342 g/mol. The summed E-state index contributed by atoms with van der Waals surface area (Å²) in [6.07, 6.45) is 3.75. The third-order valence-electron chi connectivity index (χ3n) is 5.60. The van der Waals surface area contributed by atoms with E-state index in [1.54, 1.807) is 11.3 Å². The number of likely N-dealkylation sites (tertiary alicyclic amines) is 1. The monoisotopic (exact) mass is 367 g/mol. The Hall–Kier alpha value is -1.98. The molecule has 0 bridgehead atoms. The Morgan fingerprint density at radius 1 is 1.27 bits per heavy atom. The van der Waals surface area contributed by atoms with Gasteiger partial charge in [0.15, 0.2) is 0 Å². The molecule has 4 rings (SSSR count). The number of thiophene rings is 1. The highest BCUT2D eigenvalue weighted by Gasteiger charge is 2.20. The second-order valence-corrected chi connectivity index (χ2v) is 8.31. The minimum absolute atomic E-state index is 0.0239. The summed E-state index contributed by atoms with van der Waals surface area (Å²) in [5, 5.41) is 2.78. The Balaban J connectivity index is 1.71. The number of aromatic amines is 1. The lowest BCUT2D eigenvalue weighted by molar-refractivity contribution is 0.149. The number of fused-ring (bicyclic) bond motifs is 1. The molecule has 0 aliphatic carbocycles. The second-order valence-electron chi connectivity index (χ2n) is 7.46. The van der Waals surface area contributed by atoms with E-state index in [4.69, 9.17) is 4.98 Å². The summed E-state index contributed by atoms with van der Waals surface area (Å²) in [5.41, 5.74) is 4.55. The van der Waals surface area contributed by atoms with Gasteiger partial charge < -0.3 is 4.98 Å². The van der Waals surface area contributed by atoms with E-state index in [0.29, 0.717) is 11.4 Å². The van der Waals surface area contributed by atoms with Gasteiger partial charge in [-0.15, -0.1) is 11.3 Å². The molecule has 1 aromatic carbocycles. The molecule has 4 nitrogen and oxygen atoms in total. The first-order valence-corrected chi connectivity index (χ1v) is 10.2. The van der Waals surface area contributed by atoms with Crippen LogP contribution in [0.5, 0.6) is 0 Å². The molecular formula is C21H25N3OS. The Morgan fingerprint density at radius 3 is 2.88 bits per heavy atom. The predicted molar refractivity (Wildman–Crippen MR) is 109 cm³/mol. The van der Waals surface area contributed by atoms with Crippen LogP contribution in [-0.4, -0.2) is 27.5 Å². The van der Waals surface area contributed by atoms with E-state index in [9.17, 15) is 4.79 Å². The predicted octanol–water partition coefficient (Wildman–Crippen LogP) is 4.64. The van der Waals surface area contributed by atoms with E-state index in [1.165, 1.54) is 30.4 Å². The lowest BCUT2D eigenvalue weighted by Crippen LogP contribution is -2.37. The van der Waals surface area contributed by atoms with Crippen molar-refractivity contribution in [3.8, 4) is 11.1 Å². The highest BCUT2D eigenvalue weighted by molar-refractivity contribution is 7.17. The fourth-order valence-corrected chi connectivity index (χ4v) is 4.74. The number of rotatable bonds is 3. The summed E-state index contributed by atoms with van der Waals surface area (Å²) >= 11 is 1.56. The number of H-pyrrole nitrogens is 1. The molecule has 1 fully saturated rings. The SMILES string of the molecule is Cc1ccc(-c2csc3nc(CN4CCCC[C@H]4C)[nH]c(=O)c23)cc1C. The maximum absolute atomic E-state index is 12.8. The van der Waals surface area contributed by atoms with Crippen molar-refractivity contribution in [3.05, 3.63) is 50.9 Å². The number of benzene rings is 1. The van der Waals surface area contributed by atoms with Crippen LogP contribution < -0.4 is 5.56 Å². The number of hydrogen-bond acceptors (Lipinski definition) is 4. The van der Waals surface area contributed by atoms with Gasteiger partial charge in [0.05, 0.1) is 11.9 Å². The Morgan fingerprint density at radius 2 is 2.12 bits per heavy atom. The van der Waals surface area contributed by atoms with Crippen molar-refractivity contribution in [3.63, 3.8) is 0 Å². The molecule has 1 saturated heterocycles. The summed E-state index contributed by atoms with van der Waals surface area (Å²) in [5.74, 6) is 0.782. The average molecular weight is 368 g/mol. The second kappa shape index (κ2) is 6.97. The molecule has 0 amide bonds. The summed E-state index contributed by atoms with van der Waals surface area (Å²) in [7, 11) is 0. The third-order valence-corrected chi connectivity index (χ3v) is 6.48. The van der Waals surface area contributed by atoms with E-state index >= 15 is 0 Å². The van der Waals surface area contributed by atoms with Crippen LogP contribution in [0.3, 0.4) is 0 Å². The molecule has 2 aromatic heterocycles. The third kappa shape index (κ3) is 3.21. The van der Waals surface area contributed by atoms with Gasteiger partial charge in [-0.05, 0) is 56.8 Å². The first-order valence-electron chi connectivity index (χ1n) is 9.35. The van der Waals surface area contributed by atoms with Gasteiger partial charge in [0.2, 0.25) is 0 Å². The lowest BCUT2D eigenvalue weighted by atomic mass is 10.0. The number of aromatic nitrogens is 2. The van der Waals surface area contributed by atoms with Crippen molar-refractivity contribution >= 4 is 21.6 Å². The van der Waals surface area contributed by atoms with Crippen molar-refractivity contribution in [2.75, 3.05) is 6.54 Å². The topological polar surface area (TPSA) is 49.0 Å². The lowest BCUT2D eigenvalue weighted by Gasteiger charge is -2.32. The van der Waals surface area contributed by atoms with E-state index in [2.05, 4.69) is 54.2 Å². The van der Waals surface area contributed by atoms with Crippen LogP contribution in [0.2, 0.25) is 0 Å². The van der Waals surface area contributed by atoms with Crippen molar-refractivity contribution in [2.24, 2.45) is 0 Å². The van der Waals surface area contributed by atoms with Crippen LogP contribution in [-0.2, 0) is 6.54 Å². The number of hydrogen-bond donors (Lipinski definition) is 1. The molecule has 3 heterocycles. The molecule has 5 heteroatoms. The molecule has 3 aromatic rings. The highest BCUT2D eigenvalue weighted by Crippen LogP contribution is 2.32. The normalized spacial score (nSPS) is 18.5. The zero-order valence-corrected chi connectivity index (χ0v) is 16.4. The van der Waals surface area contributed by atoms with Crippen LogP contribution in [0.1, 0.15) is 43.1 Å². The molecule has 0 saturated carbocycles. The van der Waals surface area contributed by atoms with Crippen LogP contribution in [0.15, 0.2) is 28.4 Å². The zero-order valence-electron chi connectivity index (χ0n) is 15.6. The quantitative estimate of drug-likeness (QED) is 0.733. The van der Waals surface area contributed by atoms with Gasteiger partial charge in [-0.1, -0.05) is 24.6 Å². The maximum atomic E-state index is 12.8. The Labute approximate surface area is 157 Å². The molecule has 1 N–H and O–H groups in total. The molecule has 1 aliphatic heterocycles. The van der Waals surface area contributed by atoms with Crippen molar-refractivity contribution in [1.82, 2.24) is 14.9 Å². The average Bonchev–Trinajstić information content (AvgIpc) is 3.04. The van der Waals surface area contributed by atoms with Gasteiger partial charge in [0.1, 0.15) is 10.7 Å². The highest BCUT2D eigenvalue weighted by atomic mass is 32.1. The van der Waals surface area contributed by atoms with Crippen LogP contribution in [0, 0.1) is 13.8 Å². The number of aryl methyl sites for hydroxylation is 2. The van der Waals surface area contributed by atoms with Gasteiger partial charge >= 0.3 is 0 Å². The molecule has 1 aliphatic rings. The van der Waals surface area contributed by atoms with E-state index in [1.807, 2.05) is 0 Å². The zero-order chi connectivity index (χ0) is 18.3. The standard InChI is InChI=1S/C21H25N3OS/c1-13-7-8-16(10-14(13)2)17-12-26-21-19(17)20(25)22-18(23-21)11-24-9-5-4-6-15(24)3/h7-8,10,12,15H,4-6,9,11H2,1-3H3,(H,22,23,25)/t15-/m1/s1. The van der Waals surface area contributed by atoms with Crippen LogP contribution >= 0.6 is 11.3 Å². The van der Waals surface area contributed by atoms with E-state index in [0.717, 1.165) is 34.9 Å². The summed E-state index contributed by atoms with van der Waals surface area (Å²) in [6, 6.07) is 6.91. The van der Waals surface area contributed by atoms with E-state index < -0.39 is 0 Å². The number of nitrogens with zero attached hydrogens (tertiary/aromatic N) is 2. The fourth-order valence-electron chi connectivity index (χ4n) is 3.77. The van der Waals surface area contributed by atoms with Gasteiger partial charge in [0.25, 0.3) is 5.56 Å². The smallest absolute Gasteiger partial charge is 0.260 e. The Bertz CT molecular complexity index is 1000. The maximum Gasteiger partial charge on any atom is 0.260 e. The van der Waals surface area contributed by atoms with Crippen molar-refractivity contribution in [2.45, 2.75) is 52.6 Å². The number of piperidine rings is 1. The minimum atomic E-state index is -0.0239. The van der Waals surface area contributed by atoms with Gasteiger partial charge in [-0.2, -0.15) is 0 Å². The minimum Gasteiger partial charge on any atom is -0.309 e. The van der Waals surface area contributed by atoms with Crippen LogP contribution in [0.25, 0.3) is 21.3 Å². The number of nitrogens with one attached hydrogen (secondary N) is 1. The molecule has 0 radical (unpaired) electrons. The largest absolute Gasteiger partial charge is 0.309 e. The first-order chi connectivity index (χ1) is 12.5. The first kappa shape index (κ1) is 17.4. The molecule has 136 valence electrons. The summed E-state index contributed by atoms with van der Waals surface area (Å²) in [4.78, 5) is 23.9.